The number of halogens is 2. The molecule has 0 heterocycles. The van der Waals surface area contributed by atoms with Crippen molar-refractivity contribution in [3.05, 3.63) is 56.5 Å². The molecule has 1 unspecified atom stereocenters. The fraction of sp³-hybridized carbons (Fsp3) is 0.200. The van der Waals surface area contributed by atoms with Crippen LogP contribution in [0.2, 0.25) is 0 Å². The highest BCUT2D eigenvalue weighted by atomic mass is 79.9. The third kappa shape index (κ3) is 3.16. The molecular weight excluding hydrogens is 388 g/mol. The molecule has 2 aromatic rings. The smallest absolute Gasteiger partial charge is 0.133 e. The van der Waals surface area contributed by atoms with Crippen LogP contribution in [0.15, 0.2) is 45.3 Å². The largest absolute Gasteiger partial charge is 0.496 e. The van der Waals surface area contributed by atoms with E-state index >= 15 is 0 Å². The van der Waals surface area contributed by atoms with Gasteiger partial charge in [-0.1, -0.05) is 28.1 Å². The normalized spacial score (nSPS) is 12.1. The van der Waals surface area contributed by atoms with E-state index in [1.165, 1.54) is 0 Å². The molecule has 1 atom stereocenters. The van der Waals surface area contributed by atoms with Crippen molar-refractivity contribution < 1.29 is 14.6 Å². The highest BCUT2D eigenvalue weighted by Crippen LogP contribution is 2.38. The second-order valence-electron chi connectivity index (χ2n) is 4.18. The Hall–Kier alpha value is -1.04. The molecular formula is C15H14Br2O3. The molecule has 0 bridgehead atoms. The van der Waals surface area contributed by atoms with Crippen LogP contribution in [-0.2, 0) is 0 Å². The minimum absolute atomic E-state index is 0.605. The molecule has 106 valence electrons. The van der Waals surface area contributed by atoms with Gasteiger partial charge in [0.2, 0.25) is 0 Å². The predicted octanol–water partition coefficient (Wildman–Crippen LogP) is 4.31. The summed E-state index contributed by atoms with van der Waals surface area (Å²) >= 11 is 6.78. The van der Waals surface area contributed by atoms with Gasteiger partial charge in [0.15, 0.2) is 0 Å². The first-order chi connectivity index (χ1) is 9.56. The van der Waals surface area contributed by atoms with Crippen molar-refractivity contribution in [2.24, 2.45) is 0 Å². The molecule has 1 N–H and O–H groups in total. The molecule has 2 aromatic carbocycles. The molecule has 20 heavy (non-hydrogen) atoms. The molecule has 0 saturated heterocycles. The Bertz CT molecular complexity index is 597. The molecule has 0 radical (unpaired) electrons. The van der Waals surface area contributed by atoms with Crippen LogP contribution in [0.25, 0.3) is 0 Å². The van der Waals surface area contributed by atoms with Crippen LogP contribution in [0.4, 0.5) is 0 Å². The van der Waals surface area contributed by atoms with Gasteiger partial charge in [0.25, 0.3) is 0 Å². The number of rotatable bonds is 4. The van der Waals surface area contributed by atoms with Crippen LogP contribution in [0.3, 0.4) is 0 Å². The molecule has 0 spiro atoms. The first-order valence-corrected chi connectivity index (χ1v) is 7.50. The summed E-state index contributed by atoms with van der Waals surface area (Å²) in [5.74, 6) is 1.25. The van der Waals surface area contributed by atoms with Crippen molar-refractivity contribution in [3.63, 3.8) is 0 Å². The van der Waals surface area contributed by atoms with E-state index < -0.39 is 6.10 Å². The molecule has 0 aromatic heterocycles. The van der Waals surface area contributed by atoms with E-state index in [0.717, 1.165) is 14.5 Å². The molecule has 5 heteroatoms. The van der Waals surface area contributed by atoms with Crippen molar-refractivity contribution in [2.45, 2.75) is 6.10 Å². The monoisotopic (exact) mass is 400 g/mol. The molecule has 0 aliphatic rings. The summed E-state index contributed by atoms with van der Waals surface area (Å²) in [4.78, 5) is 0. The Morgan fingerprint density at radius 1 is 0.950 bits per heavy atom. The SMILES string of the molecule is COc1cc(C(O)c2ccc(Br)cc2)c(OC)cc1Br. The van der Waals surface area contributed by atoms with Gasteiger partial charge in [0.1, 0.15) is 17.6 Å². The van der Waals surface area contributed by atoms with Gasteiger partial charge in [-0.3, -0.25) is 0 Å². The van der Waals surface area contributed by atoms with Gasteiger partial charge in [0, 0.05) is 10.0 Å². The van der Waals surface area contributed by atoms with Crippen LogP contribution in [0, 0.1) is 0 Å². The van der Waals surface area contributed by atoms with Crippen LogP contribution >= 0.6 is 31.9 Å². The van der Waals surface area contributed by atoms with Crippen LogP contribution in [-0.4, -0.2) is 19.3 Å². The Morgan fingerprint density at radius 2 is 1.55 bits per heavy atom. The van der Waals surface area contributed by atoms with E-state index in [4.69, 9.17) is 9.47 Å². The lowest BCUT2D eigenvalue weighted by molar-refractivity contribution is 0.214. The molecule has 3 nitrogen and oxygen atoms in total. The van der Waals surface area contributed by atoms with E-state index in [2.05, 4.69) is 31.9 Å². The maximum Gasteiger partial charge on any atom is 0.133 e. The lowest BCUT2D eigenvalue weighted by atomic mass is 10.0. The number of methoxy groups -OCH3 is 2. The Morgan fingerprint density at radius 3 is 2.10 bits per heavy atom. The first kappa shape index (κ1) is 15.4. The average Bonchev–Trinajstić information content (AvgIpc) is 2.47. The Kier molecular flexibility index (Phi) is 5.07. The van der Waals surface area contributed by atoms with Gasteiger partial charge in [-0.15, -0.1) is 0 Å². The summed E-state index contributed by atoms with van der Waals surface area (Å²) in [6.45, 7) is 0. The summed E-state index contributed by atoms with van der Waals surface area (Å²) in [7, 11) is 3.16. The van der Waals surface area contributed by atoms with Crippen LogP contribution in [0.5, 0.6) is 11.5 Å². The quantitative estimate of drug-likeness (QED) is 0.829. The zero-order chi connectivity index (χ0) is 14.7. The lowest BCUT2D eigenvalue weighted by Gasteiger charge is -2.17. The number of aliphatic hydroxyl groups excluding tert-OH is 1. The molecule has 0 aliphatic carbocycles. The summed E-state index contributed by atoms with van der Waals surface area (Å²) in [5, 5.41) is 10.5. The van der Waals surface area contributed by atoms with E-state index in [1.54, 1.807) is 26.4 Å². The van der Waals surface area contributed by atoms with Crippen molar-refractivity contribution in [1.29, 1.82) is 0 Å². The minimum Gasteiger partial charge on any atom is -0.496 e. The molecule has 0 aliphatic heterocycles. The van der Waals surface area contributed by atoms with E-state index in [-0.39, 0.29) is 0 Å². The Labute approximate surface area is 134 Å². The summed E-state index contributed by atoms with van der Waals surface area (Å²) in [5.41, 5.74) is 1.45. The maximum atomic E-state index is 10.5. The summed E-state index contributed by atoms with van der Waals surface area (Å²) in [6.07, 6.45) is -0.778. The standard InChI is InChI=1S/C15H14Br2O3/c1-19-13-8-12(17)14(20-2)7-11(13)15(18)9-3-5-10(16)6-4-9/h3-8,15,18H,1-2H3. The maximum absolute atomic E-state index is 10.5. The van der Waals surface area contributed by atoms with E-state index in [0.29, 0.717) is 17.1 Å². The van der Waals surface area contributed by atoms with Gasteiger partial charge in [-0.05, 0) is 45.8 Å². The third-order valence-electron chi connectivity index (χ3n) is 2.98. The molecule has 0 saturated carbocycles. The number of ether oxygens (including phenoxy) is 2. The molecule has 0 fully saturated rings. The van der Waals surface area contributed by atoms with Crippen LogP contribution < -0.4 is 9.47 Å². The number of benzene rings is 2. The van der Waals surface area contributed by atoms with Crippen molar-refractivity contribution >= 4 is 31.9 Å². The zero-order valence-corrected chi connectivity index (χ0v) is 14.2. The minimum atomic E-state index is -0.778. The van der Waals surface area contributed by atoms with E-state index in [1.807, 2.05) is 24.3 Å². The predicted molar refractivity (Wildman–Crippen MR) is 85.4 cm³/mol. The molecule has 2 rings (SSSR count). The van der Waals surface area contributed by atoms with Crippen LogP contribution in [0.1, 0.15) is 17.2 Å². The van der Waals surface area contributed by atoms with Crippen molar-refractivity contribution in [2.75, 3.05) is 14.2 Å². The van der Waals surface area contributed by atoms with Gasteiger partial charge >= 0.3 is 0 Å². The van der Waals surface area contributed by atoms with Gasteiger partial charge < -0.3 is 14.6 Å². The fourth-order valence-electron chi connectivity index (χ4n) is 1.92. The highest BCUT2D eigenvalue weighted by molar-refractivity contribution is 9.10. The second kappa shape index (κ2) is 6.61. The van der Waals surface area contributed by atoms with Gasteiger partial charge in [-0.25, -0.2) is 0 Å². The fourth-order valence-corrected chi connectivity index (χ4v) is 2.67. The second-order valence-corrected chi connectivity index (χ2v) is 5.95. The summed E-state index contributed by atoms with van der Waals surface area (Å²) in [6, 6.07) is 11.1. The third-order valence-corrected chi connectivity index (χ3v) is 4.13. The lowest BCUT2D eigenvalue weighted by Crippen LogP contribution is -2.03. The number of hydrogen-bond acceptors (Lipinski definition) is 3. The van der Waals surface area contributed by atoms with Crippen molar-refractivity contribution in [3.8, 4) is 11.5 Å². The Balaban J connectivity index is 2.47. The van der Waals surface area contributed by atoms with Gasteiger partial charge in [0.05, 0.1) is 18.7 Å². The van der Waals surface area contributed by atoms with Crippen molar-refractivity contribution in [1.82, 2.24) is 0 Å². The highest BCUT2D eigenvalue weighted by Gasteiger charge is 2.18. The van der Waals surface area contributed by atoms with E-state index in [9.17, 15) is 5.11 Å². The molecule has 0 amide bonds. The zero-order valence-electron chi connectivity index (χ0n) is 11.1. The average molecular weight is 402 g/mol. The number of hydrogen-bond donors (Lipinski definition) is 1. The first-order valence-electron chi connectivity index (χ1n) is 5.91. The van der Waals surface area contributed by atoms with Gasteiger partial charge in [-0.2, -0.15) is 0 Å². The topological polar surface area (TPSA) is 38.7 Å². The number of aliphatic hydroxyl groups is 1. The summed E-state index contributed by atoms with van der Waals surface area (Å²) < 4.78 is 12.4.